The molecule has 0 bridgehead atoms. The predicted octanol–water partition coefficient (Wildman–Crippen LogP) is 0.944. The summed E-state index contributed by atoms with van der Waals surface area (Å²) in [4.78, 5) is 11.2. The van der Waals surface area contributed by atoms with Crippen molar-refractivity contribution in [3.8, 4) is 0 Å². The molecule has 0 spiro atoms. The number of ether oxygens (including phenoxy) is 1. The van der Waals surface area contributed by atoms with Crippen molar-refractivity contribution in [2.45, 2.75) is 39.3 Å². The first-order chi connectivity index (χ1) is 6.49. The summed E-state index contributed by atoms with van der Waals surface area (Å²) in [5.41, 5.74) is -0.575. The number of hydrogen-bond donors (Lipinski definition) is 1. The minimum atomic E-state index is -3.08. The molecule has 0 aromatic rings. The Morgan fingerprint density at radius 3 is 2.20 bits per heavy atom. The SMILES string of the molecule is C[C@@H](CS(C)(=O)=O)NC(=O)OC(C)(C)C. The fourth-order valence-electron chi connectivity index (χ4n) is 1.00. The highest BCUT2D eigenvalue weighted by Gasteiger charge is 2.19. The zero-order valence-corrected chi connectivity index (χ0v) is 10.6. The Labute approximate surface area is 91.1 Å². The topological polar surface area (TPSA) is 72.5 Å². The first-order valence-electron chi connectivity index (χ1n) is 4.67. The van der Waals surface area contributed by atoms with Crippen molar-refractivity contribution in [1.29, 1.82) is 0 Å². The molecular weight excluding hydrogens is 218 g/mol. The number of carbonyl (C=O) groups is 1. The van der Waals surface area contributed by atoms with Crippen molar-refractivity contribution in [2.75, 3.05) is 12.0 Å². The van der Waals surface area contributed by atoms with Crippen molar-refractivity contribution in [1.82, 2.24) is 5.32 Å². The van der Waals surface area contributed by atoms with E-state index in [0.29, 0.717) is 0 Å². The van der Waals surface area contributed by atoms with Crippen LogP contribution in [0.4, 0.5) is 4.79 Å². The van der Waals surface area contributed by atoms with E-state index in [-0.39, 0.29) is 5.75 Å². The molecule has 0 rings (SSSR count). The molecule has 0 aliphatic carbocycles. The highest BCUT2D eigenvalue weighted by Crippen LogP contribution is 2.06. The van der Waals surface area contributed by atoms with Crippen LogP contribution in [0.25, 0.3) is 0 Å². The van der Waals surface area contributed by atoms with Gasteiger partial charge >= 0.3 is 6.09 Å². The van der Waals surface area contributed by atoms with Crippen molar-refractivity contribution in [2.24, 2.45) is 0 Å². The molecule has 15 heavy (non-hydrogen) atoms. The van der Waals surface area contributed by atoms with Gasteiger partial charge in [0, 0.05) is 12.3 Å². The molecule has 0 radical (unpaired) electrons. The van der Waals surface area contributed by atoms with Crippen molar-refractivity contribution >= 4 is 15.9 Å². The van der Waals surface area contributed by atoms with Crippen molar-refractivity contribution in [3.05, 3.63) is 0 Å². The molecule has 0 saturated heterocycles. The second-order valence-electron chi connectivity index (χ2n) is 4.64. The van der Waals surface area contributed by atoms with Gasteiger partial charge < -0.3 is 10.1 Å². The molecule has 5 nitrogen and oxygen atoms in total. The van der Waals surface area contributed by atoms with E-state index in [1.165, 1.54) is 0 Å². The van der Waals surface area contributed by atoms with Crippen LogP contribution in [0.3, 0.4) is 0 Å². The normalized spacial score (nSPS) is 14.5. The first-order valence-corrected chi connectivity index (χ1v) is 6.73. The third kappa shape index (κ3) is 9.52. The molecule has 1 atom stereocenters. The van der Waals surface area contributed by atoms with E-state index in [9.17, 15) is 13.2 Å². The summed E-state index contributed by atoms with van der Waals surface area (Å²) >= 11 is 0. The highest BCUT2D eigenvalue weighted by molar-refractivity contribution is 7.90. The Hall–Kier alpha value is -0.780. The Bertz CT molecular complexity index is 315. The lowest BCUT2D eigenvalue weighted by atomic mass is 10.2. The van der Waals surface area contributed by atoms with Crippen LogP contribution in [0.15, 0.2) is 0 Å². The minimum Gasteiger partial charge on any atom is -0.444 e. The average Bonchev–Trinajstić information content (AvgIpc) is 1.73. The van der Waals surface area contributed by atoms with Gasteiger partial charge in [0.15, 0.2) is 0 Å². The summed E-state index contributed by atoms with van der Waals surface area (Å²) in [6.45, 7) is 6.85. The smallest absolute Gasteiger partial charge is 0.407 e. The Morgan fingerprint density at radius 1 is 1.40 bits per heavy atom. The maximum Gasteiger partial charge on any atom is 0.407 e. The van der Waals surface area contributed by atoms with Crippen LogP contribution >= 0.6 is 0 Å². The van der Waals surface area contributed by atoms with Crippen LogP contribution in [-0.2, 0) is 14.6 Å². The van der Waals surface area contributed by atoms with Crippen LogP contribution in [-0.4, -0.2) is 38.2 Å². The highest BCUT2D eigenvalue weighted by atomic mass is 32.2. The van der Waals surface area contributed by atoms with Gasteiger partial charge in [-0.3, -0.25) is 0 Å². The number of alkyl carbamates (subject to hydrolysis) is 1. The van der Waals surface area contributed by atoms with Crippen LogP contribution < -0.4 is 5.32 Å². The van der Waals surface area contributed by atoms with Crippen molar-refractivity contribution in [3.63, 3.8) is 0 Å². The predicted molar refractivity (Wildman–Crippen MR) is 58.5 cm³/mol. The van der Waals surface area contributed by atoms with E-state index in [1.807, 2.05) is 0 Å². The number of hydrogen-bond acceptors (Lipinski definition) is 4. The number of amides is 1. The van der Waals surface area contributed by atoms with Crippen molar-refractivity contribution < 1.29 is 17.9 Å². The molecule has 90 valence electrons. The average molecular weight is 237 g/mol. The van der Waals surface area contributed by atoms with Crippen LogP contribution in [0.1, 0.15) is 27.7 Å². The summed E-state index contributed by atoms with van der Waals surface area (Å²) in [5, 5.41) is 2.45. The Kier molecular flexibility index (Phi) is 4.58. The van der Waals surface area contributed by atoms with Gasteiger partial charge in [-0.2, -0.15) is 0 Å². The van der Waals surface area contributed by atoms with Crippen LogP contribution in [0, 0.1) is 0 Å². The van der Waals surface area contributed by atoms with Crippen LogP contribution in [0.2, 0.25) is 0 Å². The fourth-order valence-corrected chi connectivity index (χ4v) is 2.00. The molecule has 6 heteroatoms. The minimum absolute atomic E-state index is 0.0910. The lowest BCUT2D eigenvalue weighted by Crippen LogP contribution is -2.40. The molecule has 0 aliphatic rings. The molecule has 1 N–H and O–H groups in total. The second kappa shape index (κ2) is 4.83. The molecule has 1 amide bonds. The molecule has 0 aromatic heterocycles. The molecule has 0 aliphatic heterocycles. The summed E-state index contributed by atoms with van der Waals surface area (Å²) in [7, 11) is -3.08. The number of sulfone groups is 1. The Balaban J connectivity index is 4.09. The van der Waals surface area contributed by atoms with Gasteiger partial charge in [-0.25, -0.2) is 13.2 Å². The van der Waals surface area contributed by atoms with Gasteiger partial charge in [-0.1, -0.05) is 0 Å². The largest absolute Gasteiger partial charge is 0.444 e. The van der Waals surface area contributed by atoms with Gasteiger partial charge in [0.25, 0.3) is 0 Å². The van der Waals surface area contributed by atoms with Gasteiger partial charge in [-0.15, -0.1) is 0 Å². The molecule has 0 aromatic carbocycles. The molecule has 0 unspecified atom stereocenters. The Morgan fingerprint density at radius 2 is 1.87 bits per heavy atom. The van der Waals surface area contributed by atoms with E-state index in [1.54, 1.807) is 27.7 Å². The first kappa shape index (κ1) is 14.2. The van der Waals surface area contributed by atoms with E-state index >= 15 is 0 Å². The second-order valence-corrected chi connectivity index (χ2v) is 6.82. The third-order valence-corrected chi connectivity index (χ3v) is 2.42. The lowest BCUT2D eigenvalue weighted by molar-refractivity contribution is 0.0513. The lowest BCUT2D eigenvalue weighted by Gasteiger charge is -2.21. The quantitative estimate of drug-likeness (QED) is 0.793. The number of nitrogens with one attached hydrogen (secondary N) is 1. The molecule has 0 fully saturated rings. The number of rotatable bonds is 3. The summed E-state index contributed by atoms with van der Waals surface area (Å²) in [6.07, 6.45) is 0.527. The third-order valence-electron chi connectivity index (χ3n) is 1.32. The van der Waals surface area contributed by atoms with Gasteiger partial charge in [-0.05, 0) is 27.7 Å². The molecule has 0 saturated carbocycles. The van der Waals surface area contributed by atoms with E-state index < -0.39 is 27.6 Å². The van der Waals surface area contributed by atoms with Gasteiger partial charge in [0.1, 0.15) is 15.4 Å². The summed E-state index contributed by atoms with van der Waals surface area (Å²) < 4.78 is 26.8. The number of carbonyl (C=O) groups excluding carboxylic acids is 1. The maximum absolute atomic E-state index is 11.2. The van der Waals surface area contributed by atoms with Gasteiger partial charge in [0.05, 0.1) is 5.75 Å². The molecule has 0 heterocycles. The maximum atomic E-state index is 11.2. The van der Waals surface area contributed by atoms with E-state index in [2.05, 4.69) is 5.32 Å². The fraction of sp³-hybridized carbons (Fsp3) is 0.889. The standard InChI is InChI=1S/C9H19NO4S/c1-7(6-15(5,12)13)10-8(11)14-9(2,3)4/h7H,6H2,1-5H3,(H,10,11)/t7-/m0/s1. The van der Waals surface area contributed by atoms with E-state index in [4.69, 9.17) is 4.74 Å². The summed E-state index contributed by atoms with van der Waals surface area (Å²) in [5.74, 6) is -0.0910. The monoisotopic (exact) mass is 237 g/mol. The molecular formula is C9H19NO4S. The zero-order valence-electron chi connectivity index (χ0n) is 9.83. The van der Waals surface area contributed by atoms with Crippen LogP contribution in [0.5, 0.6) is 0 Å². The summed E-state index contributed by atoms with van der Waals surface area (Å²) in [6, 6.07) is -0.449. The van der Waals surface area contributed by atoms with E-state index in [0.717, 1.165) is 6.26 Å². The zero-order chi connectivity index (χ0) is 12.3. The van der Waals surface area contributed by atoms with Gasteiger partial charge in [0.2, 0.25) is 0 Å².